The molecule has 0 radical (unpaired) electrons. The molecule has 0 aliphatic carbocycles. The largest absolute Gasteiger partial charge is 0.464 e. The van der Waals surface area contributed by atoms with E-state index in [1.54, 1.807) is 67.8 Å². The first-order chi connectivity index (χ1) is 20.0. The van der Waals surface area contributed by atoms with Gasteiger partial charge in [0, 0.05) is 31.3 Å². The second kappa shape index (κ2) is 18.5. The fourth-order valence-corrected chi connectivity index (χ4v) is 7.47. The molecule has 4 N–H and O–H groups in total. The van der Waals surface area contributed by atoms with Crippen LogP contribution in [-0.4, -0.2) is 91.3 Å². The van der Waals surface area contributed by atoms with Crippen LogP contribution in [0.2, 0.25) is 0 Å². The first-order valence-corrected chi connectivity index (χ1v) is 15.5. The fraction of sp³-hybridized carbons (Fsp3) is 0.480. The van der Waals surface area contributed by atoms with E-state index in [1.165, 1.54) is 6.92 Å². The van der Waals surface area contributed by atoms with Gasteiger partial charge in [-0.15, -0.1) is 0 Å². The average molecular weight is 945 g/mol. The number of aliphatic hydroxyl groups excluding tert-OH is 1. The van der Waals surface area contributed by atoms with E-state index in [0.717, 1.165) is 27.7 Å². The number of aliphatic hydroxyl groups is 1. The summed E-state index contributed by atoms with van der Waals surface area (Å²) in [6.07, 6.45) is -1.44. The van der Waals surface area contributed by atoms with Crippen molar-refractivity contribution >= 4 is 115 Å². The van der Waals surface area contributed by atoms with Crippen LogP contribution >= 0.6 is 67.8 Å². The number of esters is 4. The Labute approximate surface area is 287 Å². The summed E-state index contributed by atoms with van der Waals surface area (Å²) in [5.74, 6) is -4.92. The predicted octanol–water partition coefficient (Wildman–Crippen LogP) is 1.27. The van der Waals surface area contributed by atoms with E-state index in [4.69, 9.17) is 18.9 Å². The molecule has 0 spiro atoms. The molecule has 1 aromatic rings. The van der Waals surface area contributed by atoms with Crippen molar-refractivity contribution in [1.29, 1.82) is 0 Å². The number of carbonyl (C=O) groups is 7. The summed E-state index contributed by atoms with van der Waals surface area (Å²) in [5.41, 5.74) is -0.101. The van der Waals surface area contributed by atoms with Gasteiger partial charge >= 0.3 is 23.9 Å². The van der Waals surface area contributed by atoms with Crippen LogP contribution < -0.4 is 16.0 Å². The van der Waals surface area contributed by atoms with Crippen molar-refractivity contribution in [2.24, 2.45) is 0 Å². The molecule has 15 nitrogen and oxygen atoms in total. The average Bonchev–Trinajstić information content (AvgIpc) is 2.89. The van der Waals surface area contributed by atoms with Crippen LogP contribution in [0.3, 0.4) is 0 Å². The molecule has 0 saturated heterocycles. The molecule has 1 rings (SSSR count). The van der Waals surface area contributed by atoms with Gasteiger partial charge in [-0.05, 0) is 74.7 Å². The summed E-state index contributed by atoms with van der Waals surface area (Å²) in [5, 5.41) is 17.5. The third-order valence-corrected chi connectivity index (χ3v) is 8.26. The lowest BCUT2D eigenvalue weighted by atomic mass is 10.1. The second-order valence-corrected chi connectivity index (χ2v) is 12.0. The highest BCUT2D eigenvalue weighted by molar-refractivity contribution is 14.1. The number of rotatable bonds is 14. The minimum Gasteiger partial charge on any atom is -0.464 e. The van der Waals surface area contributed by atoms with Crippen LogP contribution in [0, 0.1) is 10.7 Å². The van der Waals surface area contributed by atoms with E-state index < -0.39 is 59.8 Å². The van der Waals surface area contributed by atoms with E-state index in [-0.39, 0.29) is 54.0 Å². The molecular weight excluding hydrogens is 915 g/mol. The highest BCUT2D eigenvalue weighted by atomic mass is 127. The van der Waals surface area contributed by atoms with Gasteiger partial charge in [0.15, 0.2) is 0 Å². The monoisotopic (exact) mass is 945 g/mol. The van der Waals surface area contributed by atoms with Crippen molar-refractivity contribution in [2.75, 3.05) is 31.7 Å². The Bertz CT molecular complexity index is 1150. The lowest BCUT2D eigenvalue weighted by Gasteiger charge is -2.23. The fourth-order valence-electron chi connectivity index (χ4n) is 3.05. The van der Waals surface area contributed by atoms with Gasteiger partial charge in [-0.25, -0.2) is 0 Å². The van der Waals surface area contributed by atoms with Crippen LogP contribution in [0.15, 0.2) is 0 Å². The zero-order valence-corrected chi connectivity index (χ0v) is 30.1. The van der Waals surface area contributed by atoms with Gasteiger partial charge in [0.25, 0.3) is 17.7 Å². The Morgan fingerprint density at radius 2 is 0.930 bits per heavy atom. The van der Waals surface area contributed by atoms with Crippen LogP contribution in [0.1, 0.15) is 55.3 Å². The van der Waals surface area contributed by atoms with Gasteiger partial charge in [-0.1, -0.05) is 0 Å². The molecule has 0 bridgehead atoms. The maximum Gasteiger partial charge on any atom is 0.302 e. The van der Waals surface area contributed by atoms with Crippen molar-refractivity contribution in [1.82, 2.24) is 10.6 Å². The molecule has 0 fully saturated rings. The summed E-state index contributed by atoms with van der Waals surface area (Å²) >= 11 is 5.37. The highest BCUT2D eigenvalue weighted by Gasteiger charge is 2.31. The maximum absolute atomic E-state index is 13.6. The number of hydrogen-bond donors (Lipinski definition) is 4. The topological polar surface area (TPSA) is 213 Å². The van der Waals surface area contributed by atoms with Crippen LogP contribution in [-0.2, 0) is 42.9 Å². The smallest absolute Gasteiger partial charge is 0.302 e. The van der Waals surface area contributed by atoms with Crippen molar-refractivity contribution < 1.29 is 57.6 Å². The SMILES string of the molecule is CC(=O)OCC(COC(C)=O)NC(=O)c1c(I)c(NC(=O)[C@H](C)O)c(I)c(C(=O)NC(COC(C)=O)COC(C)=O)c1I. The lowest BCUT2D eigenvalue weighted by Crippen LogP contribution is -2.44. The summed E-state index contributed by atoms with van der Waals surface area (Å²) in [4.78, 5) is 85.1. The predicted molar refractivity (Wildman–Crippen MR) is 174 cm³/mol. The third-order valence-electron chi connectivity index (χ3n) is 5.02. The van der Waals surface area contributed by atoms with Gasteiger partial charge in [0.2, 0.25) is 0 Å². The molecule has 3 amide bonds. The normalized spacial score (nSPS) is 11.3. The van der Waals surface area contributed by atoms with Gasteiger partial charge in [0.1, 0.15) is 32.5 Å². The number of halogens is 3. The molecule has 0 aliphatic rings. The second-order valence-electron chi connectivity index (χ2n) is 8.78. The van der Waals surface area contributed by atoms with Crippen molar-refractivity contribution in [3.63, 3.8) is 0 Å². The number of amides is 3. The standard InChI is InChI=1S/C25H30I3N3O12/c1-10(32)23(37)31-22-20(27)17(24(38)29-15(6-40-11(2)33)7-41-12(3)34)19(26)18(21(22)28)25(39)30-16(8-42-13(4)35)9-43-14(5)36/h10,15-16,32H,6-9H2,1-5H3,(H,29,38)(H,30,39)(H,31,37)/t10-/m0/s1. The Balaban J connectivity index is 3.66. The molecule has 43 heavy (non-hydrogen) atoms. The van der Waals surface area contributed by atoms with E-state index in [1.807, 2.05) is 0 Å². The lowest BCUT2D eigenvalue weighted by molar-refractivity contribution is -0.146. The van der Waals surface area contributed by atoms with Crippen molar-refractivity contribution in [2.45, 2.75) is 52.8 Å². The first kappa shape index (κ1) is 38.7. The summed E-state index contributed by atoms with van der Waals surface area (Å²) in [6.45, 7) is 4.53. The van der Waals surface area contributed by atoms with E-state index in [9.17, 15) is 38.7 Å². The molecule has 0 aromatic heterocycles. The van der Waals surface area contributed by atoms with E-state index >= 15 is 0 Å². The molecule has 1 atom stereocenters. The van der Waals surface area contributed by atoms with Gasteiger partial charge < -0.3 is 40.0 Å². The summed E-state index contributed by atoms with van der Waals surface area (Å²) < 4.78 is 20.4. The number of hydrogen-bond acceptors (Lipinski definition) is 12. The summed E-state index contributed by atoms with van der Waals surface area (Å²) in [7, 11) is 0. The van der Waals surface area contributed by atoms with Gasteiger partial charge in [-0.3, -0.25) is 33.6 Å². The molecule has 0 saturated carbocycles. The van der Waals surface area contributed by atoms with Gasteiger partial charge in [-0.2, -0.15) is 0 Å². The summed E-state index contributed by atoms with van der Waals surface area (Å²) in [6, 6.07) is -1.95. The number of nitrogens with one attached hydrogen (secondary N) is 3. The molecule has 0 heterocycles. The Morgan fingerprint density at radius 3 is 1.19 bits per heavy atom. The zero-order valence-electron chi connectivity index (χ0n) is 23.6. The van der Waals surface area contributed by atoms with Crippen molar-refractivity contribution in [3.8, 4) is 0 Å². The molecule has 0 unspecified atom stereocenters. The number of carbonyl (C=O) groups excluding carboxylic acids is 7. The zero-order chi connectivity index (χ0) is 33.0. The number of benzene rings is 1. The Kier molecular flexibility index (Phi) is 16.6. The Hall–Kier alpha value is -2.34. The van der Waals surface area contributed by atoms with E-state index in [2.05, 4.69) is 16.0 Å². The minimum atomic E-state index is -1.44. The van der Waals surface area contributed by atoms with Crippen LogP contribution in [0.5, 0.6) is 0 Å². The molecule has 1 aromatic carbocycles. The number of ether oxygens (including phenoxy) is 4. The van der Waals surface area contributed by atoms with Gasteiger partial charge in [0.05, 0.1) is 36.0 Å². The third kappa shape index (κ3) is 13.0. The quantitative estimate of drug-likeness (QED) is 0.118. The minimum absolute atomic E-state index is 0.0378. The molecule has 0 aliphatic heterocycles. The van der Waals surface area contributed by atoms with Crippen LogP contribution in [0.4, 0.5) is 5.69 Å². The number of anilines is 1. The first-order valence-electron chi connectivity index (χ1n) is 12.3. The highest BCUT2D eigenvalue weighted by Crippen LogP contribution is 2.36. The van der Waals surface area contributed by atoms with Crippen molar-refractivity contribution in [3.05, 3.63) is 21.8 Å². The molecular formula is C25H30I3N3O12. The maximum atomic E-state index is 13.6. The van der Waals surface area contributed by atoms with Crippen LogP contribution in [0.25, 0.3) is 0 Å². The molecule has 18 heteroatoms. The molecule has 238 valence electrons. The van der Waals surface area contributed by atoms with E-state index in [0.29, 0.717) is 0 Å². The Morgan fingerprint density at radius 1 is 0.628 bits per heavy atom.